The molecule has 8 heteroatoms. The molecule has 0 fully saturated rings. The Hall–Kier alpha value is -2.92. The highest BCUT2D eigenvalue weighted by Crippen LogP contribution is 2.30. The fraction of sp³-hybridized carbons (Fsp3) is 0.0909. The fourth-order valence-electron chi connectivity index (χ4n) is 2.78. The number of benzene rings is 3. The Labute approximate surface area is 178 Å². The molecule has 0 unspecified atom stereocenters. The van der Waals surface area contributed by atoms with Crippen LogP contribution in [0.25, 0.3) is 0 Å². The number of aliphatic hydroxyl groups excluding tert-OH is 1. The summed E-state index contributed by atoms with van der Waals surface area (Å²) in [7, 11) is -4.28. The van der Waals surface area contributed by atoms with E-state index in [-0.39, 0.29) is 18.0 Å². The van der Waals surface area contributed by atoms with Gasteiger partial charge in [-0.25, -0.2) is 17.2 Å². The van der Waals surface area contributed by atoms with Crippen molar-refractivity contribution in [1.29, 1.82) is 0 Å². The van der Waals surface area contributed by atoms with E-state index in [4.69, 9.17) is 16.7 Å². The van der Waals surface area contributed by atoms with Crippen LogP contribution < -0.4 is 4.31 Å². The SMILES string of the molecule is O=S(=O)(c1ccc(Cl)cc1)N(Cc1ccccc1C#CCO)c1cc(F)ccc1F. The molecule has 30 heavy (non-hydrogen) atoms. The summed E-state index contributed by atoms with van der Waals surface area (Å²) in [6, 6.07) is 14.6. The average Bonchev–Trinajstić information content (AvgIpc) is 2.73. The average molecular weight is 448 g/mol. The minimum Gasteiger partial charge on any atom is -0.384 e. The van der Waals surface area contributed by atoms with Gasteiger partial charge in [0.1, 0.15) is 18.2 Å². The van der Waals surface area contributed by atoms with Crippen LogP contribution in [0, 0.1) is 23.5 Å². The predicted octanol–water partition coefficient (Wildman–Crippen LogP) is 4.36. The molecule has 0 radical (unpaired) electrons. The lowest BCUT2D eigenvalue weighted by Crippen LogP contribution is -2.31. The van der Waals surface area contributed by atoms with Gasteiger partial charge in [-0.05, 0) is 48.0 Å². The standard InChI is InChI=1S/C22H16ClF2NO3S/c23-18-7-10-20(11-8-18)30(28,29)26(22-14-19(24)9-12-21(22)25)15-17-5-2-1-4-16(17)6-3-13-27/h1-2,4-5,7-12,14,27H,13,15H2. The number of rotatable bonds is 5. The first-order chi connectivity index (χ1) is 14.3. The Morgan fingerprint density at radius 2 is 1.70 bits per heavy atom. The van der Waals surface area contributed by atoms with E-state index in [1.54, 1.807) is 24.3 Å². The Kier molecular flexibility index (Phi) is 6.73. The molecule has 0 saturated carbocycles. The topological polar surface area (TPSA) is 57.6 Å². The van der Waals surface area contributed by atoms with E-state index in [2.05, 4.69) is 11.8 Å². The van der Waals surface area contributed by atoms with Crippen molar-refractivity contribution in [2.75, 3.05) is 10.9 Å². The van der Waals surface area contributed by atoms with Gasteiger partial charge < -0.3 is 5.11 Å². The van der Waals surface area contributed by atoms with Crippen molar-refractivity contribution in [1.82, 2.24) is 0 Å². The van der Waals surface area contributed by atoms with E-state index in [9.17, 15) is 17.2 Å². The van der Waals surface area contributed by atoms with E-state index >= 15 is 0 Å². The maximum atomic E-state index is 14.6. The zero-order chi connectivity index (χ0) is 21.7. The molecule has 3 aromatic rings. The van der Waals surface area contributed by atoms with Crippen LogP contribution in [0.2, 0.25) is 5.02 Å². The van der Waals surface area contributed by atoms with Crippen LogP contribution in [0.4, 0.5) is 14.5 Å². The summed E-state index contributed by atoms with van der Waals surface area (Å²) in [5.41, 5.74) is 0.481. The monoisotopic (exact) mass is 447 g/mol. The van der Waals surface area contributed by atoms with E-state index in [1.165, 1.54) is 24.3 Å². The van der Waals surface area contributed by atoms with Gasteiger partial charge in [-0.3, -0.25) is 4.31 Å². The second-order valence-corrected chi connectivity index (χ2v) is 8.48. The smallest absolute Gasteiger partial charge is 0.264 e. The van der Waals surface area contributed by atoms with Gasteiger partial charge in [0.2, 0.25) is 0 Å². The Bertz CT molecular complexity index is 1220. The molecular formula is C22H16ClF2NO3S. The third-order valence-electron chi connectivity index (χ3n) is 4.21. The number of halogens is 3. The molecule has 0 saturated heterocycles. The minimum atomic E-state index is -4.28. The summed E-state index contributed by atoms with van der Waals surface area (Å²) >= 11 is 5.85. The molecule has 4 nitrogen and oxygen atoms in total. The van der Waals surface area contributed by atoms with Crippen molar-refractivity contribution in [3.8, 4) is 11.8 Å². The third kappa shape index (κ3) is 4.79. The van der Waals surface area contributed by atoms with Crippen molar-refractivity contribution in [3.63, 3.8) is 0 Å². The molecular weight excluding hydrogens is 432 g/mol. The van der Waals surface area contributed by atoms with Crippen molar-refractivity contribution in [2.24, 2.45) is 0 Å². The summed E-state index contributed by atoms with van der Waals surface area (Å²) in [4.78, 5) is -0.130. The molecule has 154 valence electrons. The van der Waals surface area contributed by atoms with Gasteiger partial charge in [0.15, 0.2) is 0 Å². The van der Waals surface area contributed by atoms with Gasteiger partial charge in [0.25, 0.3) is 10.0 Å². The number of hydrogen-bond acceptors (Lipinski definition) is 3. The number of nitrogens with zero attached hydrogens (tertiary/aromatic N) is 1. The predicted molar refractivity (Wildman–Crippen MR) is 112 cm³/mol. The summed E-state index contributed by atoms with van der Waals surface area (Å²) in [6.07, 6.45) is 0. The van der Waals surface area contributed by atoms with Crippen LogP contribution in [0.1, 0.15) is 11.1 Å². The summed E-state index contributed by atoms with van der Waals surface area (Å²) in [5.74, 6) is 3.56. The largest absolute Gasteiger partial charge is 0.384 e. The third-order valence-corrected chi connectivity index (χ3v) is 6.24. The number of sulfonamides is 1. The molecule has 3 aromatic carbocycles. The van der Waals surface area contributed by atoms with Gasteiger partial charge in [0.05, 0.1) is 17.1 Å². The second-order valence-electron chi connectivity index (χ2n) is 6.18. The molecule has 0 atom stereocenters. The van der Waals surface area contributed by atoms with Crippen LogP contribution in [-0.2, 0) is 16.6 Å². The molecule has 0 aromatic heterocycles. The lowest BCUT2D eigenvalue weighted by molar-refractivity contribution is 0.350. The highest BCUT2D eigenvalue weighted by atomic mass is 35.5. The Morgan fingerprint density at radius 1 is 1.00 bits per heavy atom. The van der Waals surface area contributed by atoms with Crippen molar-refractivity contribution >= 4 is 27.3 Å². The fourth-order valence-corrected chi connectivity index (χ4v) is 4.35. The first kappa shape index (κ1) is 21.8. The number of hydrogen-bond donors (Lipinski definition) is 1. The molecule has 1 N–H and O–H groups in total. The lowest BCUT2D eigenvalue weighted by Gasteiger charge is -2.25. The second kappa shape index (κ2) is 9.26. The van der Waals surface area contributed by atoms with Crippen LogP contribution >= 0.6 is 11.6 Å². The molecule has 0 heterocycles. The van der Waals surface area contributed by atoms with E-state index < -0.39 is 27.3 Å². The van der Waals surface area contributed by atoms with Crippen LogP contribution in [-0.4, -0.2) is 20.1 Å². The van der Waals surface area contributed by atoms with Crippen molar-refractivity contribution < 1.29 is 22.3 Å². The first-order valence-corrected chi connectivity index (χ1v) is 10.6. The number of aliphatic hydroxyl groups is 1. The molecule has 0 aliphatic carbocycles. The minimum absolute atomic E-state index is 0.130. The zero-order valence-corrected chi connectivity index (χ0v) is 17.1. The highest BCUT2D eigenvalue weighted by Gasteiger charge is 2.28. The maximum absolute atomic E-state index is 14.6. The molecule has 0 bridgehead atoms. The van der Waals surface area contributed by atoms with Crippen LogP contribution in [0.15, 0.2) is 71.6 Å². The van der Waals surface area contributed by atoms with Crippen LogP contribution in [0.3, 0.4) is 0 Å². The Morgan fingerprint density at radius 3 is 2.40 bits per heavy atom. The molecule has 0 aliphatic rings. The van der Waals surface area contributed by atoms with Gasteiger partial charge in [-0.2, -0.15) is 0 Å². The quantitative estimate of drug-likeness (QED) is 0.591. The molecule has 0 amide bonds. The lowest BCUT2D eigenvalue weighted by atomic mass is 10.1. The zero-order valence-electron chi connectivity index (χ0n) is 15.5. The van der Waals surface area contributed by atoms with E-state index in [0.717, 1.165) is 22.5 Å². The van der Waals surface area contributed by atoms with Gasteiger partial charge in [-0.1, -0.05) is 41.6 Å². The normalized spacial score (nSPS) is 10.9. The number of anilines is 1. The first-order valence-electron chi connectivity index (χ1n) is 8.74. The Balaban J connectivity index is 2.17. The molecule has 3 rings (SSSR count). The van der Waals surface area contributed by atoms with E-state index in [0.29, 0.717) is 16.1 Å². The summed E-state index contributed by atoms with van der Waals surface area (Å²) < 4.78 is 56.0. The van der Waals surface area contributed by atoms with Gasteiger partial charge in [0, 0.05) is 16.7 Å². The molecule has 0 aliphatic heterocycles. The van der Waals surface area contributed by atoms with Crippen molar-refractivity contribution in [3.05, 3.63) is 94.5 Å². The van der Waals surface area contributed by atoms with Crippen molar-refractivity contribution in [2.45, 2.75) is 11.4 Å². The van der Waals surface area contributed by atoms with E-state index in [1.807, 2.05) is 0 Å². The van der Waals surface area contributed by atoms with Crippen LogP contribution in [0.5, 0.6) is 0 Å². The molecule has 0 spiro atoms. The summed E-state index contributed by atoms with van der Waals surface area (Å²) in [6.45, 7) is -0.679. The van der Waals surface area contributed by atoms with Gasteiger partial charge >= 0.3 is 0 Å². The summed E-state index contributed by atoms with van der Waals surface area (Å²) in [5, 5.41) is 9.30. The van der Waals surface area contributed by atoms with Gasteiger partial charge in [-0.15, -0.1) is 0 Å². The highest BCUT2D eigenvalue weighted by molar-refractivity contribution is 7.92. The maximum Gasteiger partial charge on any atom is 0.264 e.